The van der Waals surface area contributed by atoms with Crippen molar-refractivity contribution in [3.05, 3.63) is 12.2 Å². The Morgan fingerprint density at radius 3 is 2.45 bits per heavy atom. The third kappa shape index (κ3) is 4.31. The first-order valence-electron chi connectivity index (χ1n) is 3.53. The Balaban J connectivity index is 4.04. The molecule has 0 aromatic heterocycles. The molecule has 0 aliphatic heterocycles. The summed E-state index contributed by atoms with van der Waals surface area (Å²) in [5, 5.41) is 0. The van der Waals surface area contributed by atoms with Gasteiger partial charge in [0.05, 0.1) is 0 Å². The van der Waals surface area contributed by atoms with Gasteiger partial charge in [-0.15, -0.1) is 0 Å². The number of guanidine groups is 1. The van der Waals surface area contributed by atoms with Gasteiger partial charge in [-0.3, -0.25) is 4.99 Å². The molecule has 0 amide bonds. The lowest BCUT2D eigenvalue weighted by atomic mass is 10.1. The molecule has 0 atom stereocenters. The molecule has 2 N–H and O–H groups in total. The number of hydrogen-bond donors (Lipinski definition) is 1. The van der Waals surface area contributed by atoms with Crippen molar-refractivity contribution in [2.75, 3.05) is 7.05 Å². The van der Waals surface area contributed by atoms with Gasteiger partial charge in [-0.25, -0.2) is 4.99 Å². The Kier molecular flexibility index (Phi) is 4.18. The van der Waals surface area contributed by atoms with E-state index in [1.165, 1.54) is 0 Å². The van der Waals surface area contributed by atoms with Gasteiger partial charge in [0.15, 0.2) is 0 Å². The Hall–Kier alpha value is -1.12. The minimum Gasteiger partial charge on any atom is -0.368 e. The van der Waals surface area contributed by atoms with Crippen LogP contribution in [0.3, 0.4) is 0 Å². The second-order valence-corrected chi connectivity index (χ2v) is 2.57. The first-order valence-corrected chi connectivity index (χ1v) is 3.53. The quantitative estimate of drug-likeness (QED) is 0.470. The van der Waals surface area contributed by atoms with Gasteiger partial charge in [-0.05, 0) is 11.5 Å². The van der Waals surface area contributed by atoms with Crippen molar-refractivity contribution in [2.24, 2.45) is 21.6 Å². The molecule has 0 bridgehead atoms. The van der Waals surface area contributed by atoms with E-state index in [-0.39, 0.29) is 5.96 Å². The predicted octanol–water partition coefficient (Wildman–Crippen LogP) is 1.21. The van der Waals surface area contributed by atoms with Crippen LogP contribution < -0.4 is 5.73 Å². The molecule has 0 aliphatic rings. The van der Waals surface area contributed by atoms with Crippen LogP contribution in [0.25, 0.3) is 0 Å². The van der Waals surface area contributed by atoms with Crippen molar-refractivity contribution in [3.8, 4) is 0 Å². The highest BCUT2D eigenvalue weighted by molar-refractivity contribution is 5.92. The van der Waals surface area contributed by atoms with Crippen LogP contribution in [-0.4, -0.2) is 19.2 Å². The summed E-state index contributed by atoms with van der Waals surface area (Å²) in [5.74, 6) is 0.690. The molecule has 0 unspecified atom stereocenters. The van der Waals surface area contributed by atoms with E-state index in [1.54, 1.807) is 13.3 Å². The molecule has 0 fully saturated rings. The van der Waals surface area contributed by atoms with E-state index < -0.39 is 0 Å². The van der Waals surface area contributed by atoms with Crippen molar-refractivity contribution >= 4 is 12.2 Å². The van der Waals surface area contributed by atoms with E-state index in [2.05, 4.69) is 16.6 Å². The summed E-state index contributed by atoms with van der Waals surface area (Å²) in [6.45, 7) is 7.90. The Bertz CT molecular complexity index is 190. The van der Waals surface area contributed by atoms with Gasteiger partial charge in [0.25, 0.3) is 0 Å². The highest BCUT2D eigenvalue weighted by Crippen LogP contribution is 2.02. The molecule has 62 valence electrons. The SMILES string of the molecule is C=C(C=NC(N)=NC)C(C)C. The second kappa shape index (κ2) is 4.66. The number of nitrogens with two attached hydrogens (primary N) is 1. The Labute approximate surface area is 67.7 Å². The molecule has 0 aromatic carbocycles. The summed E-state index contributed by atoms with van der Waals surface area (Å²) >= 11 is 0. The molecule has 11 heavy (non-hydrogen) atoms. The van der Waals surface area contributed by atoms with E-state index in [9.17, 15) is 0 Å². The van der Waals surface area contributed by atoms with Crippen molar-refractivity contribution in [1.29, 1.82) is 0 Å². The largest absolute Gasteiger partial charge is 0.368 e. The monoisotopic (exact) mass is 153 g/mol. The average molecular weight is 153 g/mol. The molecule has 0 spiro atoms. The standard InChI is InChI=1S/C8H15N3/c1-6(2)7(3)5-11-8(9)10-4/h5-6H,3H2,1-2,4H3,(H2,9,10). The van der Waals surface area contributed by atoms with Crippen LogP contribution in [0.2, 0.25) is 0 Å². The Morgan fingerprint density at radius 1 is 1.55 bits per heavy atom. The van der Waals surface area contributed by atoms with Crippen LogP contribution in [0.15, 0.2) is 22.1 Å². The fourth-order valence-electron chi connectivity index (χ4n) is 0.356. The zero-order chi connectivity index (χ0) is 8.85. The minimum absolute atomic E-state index is 0.284. The number of nitrogens with zero attached hydrogens (tertiary/aromatic N) is 2. The fraction of sp³-hybridized carbons (Fsp3) is 0.500. The summed E-state index contributed by atoms with van der Waals surface area (Å²) in [7, 11) is 1.60. The van der Waals surface area contributed by atoms with Crippen LogP contribution in [0, 0.1) is 5.92 Å². The molecule has 0 saturated carbocycles. The molecule has 0 aromatic rings. The highest BCUT2D eigenvalue weighted by Gasteiger charge is 1.94. The van der Waals surface area contributed by atoms with Gasteiger partial charge in [-0.2, -0.15) is 0 Å². The molecule has 0 saturated heterocycles. The maximum Gasteiger partial charge on any atom is 0.214 e. The van der Waals surface area contributed by atoms with Crippen LogP contribution in [-0.2, 0) is 0 Å². The van der Waals surface area contributed by atoms with Gasteiger partial charge in [0.2, 0.25) is 5.96 Å². The third-order valence-corrected chi connectivity index (χ3v) is 1.33. The fourth-order valence-corrected chi connectivity index (χ4v) is 0.356. The zero-order valence-corrected chi connectivity index (χ0v) is 7.33. The van der Waals surface area contributed by atoms with Gasteiger partial charge < -0.3 is 5.73 Å². The van der Waals surface area contributed by atoms with E-state index in [1.807, 2.05) is 13.8 Å². The zero-order valence-electron chi connectivity index (χ0n) is 7.33. The number of allylic oxidation sites excluding steroid dienone is 1. The van der Waals surface area contributed by atoms with E-state index in [0.29, 0.717) is 5.92 Å². The summed E-state index contributed by atoms with van der Waals surface area (Å²) < 4.78 is 0. The molecule has 3 heteroatoms. The number of hydrogen-bond acceptors (Lipinski definition) is 1. The van der Waals surface area contributed by atoms with Gasteiger partial charge >= 0.3 is 0 Å². The topological polar surface area (TPSA) is 50.7 Å². The van der Waals surface area contributed by atoms with E-state index in [0.717, 1.165) is 5.57 Å². The van der Waals surface area contributed by atoms with Crippen LogP contribution in [0.5, 0.6) is 0 Å². The van der Waals surface area contributed by atoms with Crippen LogP contribution in [0.4, 0.5) is 0 Å². The summed E-state index contributed by atoms with van der Waals surface area (Å²) in [4.78, 5) is 7.54. The number of aliphatic imine (C=N–C) groups is 2. The van der Waals surface area contributed by atoms with Crippen LogP contribution in [0.1, 0.15) is 13.8 Å². The van der Waals surface area contributed by atoms with Gasteiger partial charge in [0, 0.05) is 13.3 Å². The average Bonchev–Trinajstić information content (AvgIpc) is 1.99. The molecular weight excluding hydrogens is 138 g/mol. The van der Waals surface area contributed by atoms with Gasteiger partial charge in [-0.1, -0.05) is 20.4 Å². The smallest absolute Gasteiger partial charge is 0.214 e. The van der Waals surface area contributed by atoms with Crippen molar-refractivity contribution < 1.29 is 0 Å². The van der Waals surface area contributed by atoms with E-state index >= 15 is 0 Å². The van der Waals surface area contributed by atoms with Crippen molar-refractivity contribution in [3.63, 3.8) is 0 Å². The predicted molar refractivity (Wildman–Crippen MR) is 50.0 cm³/mol. The summed E-state index contributed by atoms with van der Waals surface area (Å²) in [6, 6.07) is 0. The molecule has 0 radical (unpaired) electrons. The summed E-state index contributed by atoms with van der Waals surface area (Å²) in [5.41, 5.74) is 6.29. The minimum atomic E-state index is 0.284. The second-order valence-electron chi connectivity index (χ2n) is 2.57. The Morgan fingerprint density at radius 2 is 2.09 bits per heavy atom. The summed E-state index contributed by atoms with van der Waals surface area (Å²) in [6.07, 6.45) is 1.65. The maximum absolute atomic E-state index is 5.33. The molecule has 0 heterocycles. The highest BCUT2D eigenvalue weighted by atomic mass is 15.0. The van der Waals surface area contributed by atoms with Crippen LogP contribution >= 0.6 is 0 Å². The molecule has 0 rings (SSSR count). The maximum atomic E-state index is 5.33. The molecule has 0 aliphatic carbocycles. The van der Waals surface area contributed by atoms with Crippen molar-refractivity contribution in [1.82, 2.24) is 0 Å². The van der Waals surface area contributed by atoms with E-state index in [4.69, 9.17) is 5.73 Å². The van der Waals surface area contributed by atoms with Crippen molar-refractivity contribution in [2.45, 2.75) is 13.8 Å². The molecule has 3 nitrogen and oxygen atoms in total. The lowest BCUT2D eigenvalue weighted by Gasteiger charge is -2.00. The lowest BCUT2D eigenvalue weighted by molar-refractivity contribution is 0.810. The third-order valence-electron chi connectivity index (χ3n) is 1.33. The lowest BCUT2D eigenvalue weighted by Crippen LogP contribution is -2.08. The normalized spacial score (nSPS) is 12.9. The number of rotatable bonds is 2. The first-order chi connectivity index (χ1) is 5.07. The first kappa shape index (κ1) is 9.88. The molecular formula is C8H15N3. The van der Waals surface area contributed by atoms with Gasteiger partial charge in [0.1, 0.15) is 0 Å².